The molecule has 0 saturated carbocycles. The first-order valence-corrected chi connectivity index (χ1v) is 8.94. The zero-order chi connectivity index (χ0) is 15.0. The monoisotopic (exact) mass is 366 g/mol. The van der Waals surface area contributed by atoms with Crippen LogP contribution < -0.4 is 4.31 Å². The summed E-state index contributed by atoms with van der Waals surface area (Å²) in [7, 11) is -3.57. The zero-order valence-corrected chi connectivity index (χ0v) is 14.0. The summed E-state index contributed by atoms with van der Waals surface area (Å²) in [4.78, 5) is 4.18. The minimum absolute atomic E-state index is 0.213. The predicted octanol–water partition coefficient (Wildman–Crippen LogP) is 3.29. The highest BCUT2D eigenvalue weighted by Crippen LogP contribution is 2.32. The van der Waals surface area contributed by atoms with Crippen molar-refractivity contribution in [3.63, 3.8) is 0 Å². The Bertz CT molecular complexity index is 790. The van der Waals surface area contributed by atoms with Crippen LogP contribution in [0, 0.1) is 6.92 Å². The van der Waals surface area contributed by atoms with Gasteiger partial charge in [-0.15, -0.1) is 0 Å². The molecule has 3 rings (SSSR count). The number of fused-ring (bicyclic) bond motifs is 1. The van der Waals surface area contributed by atoms with Crippen molar-refractivity contribution in [3.05, 3.63) is 52.3 Å². The first-order valence-electron chi connectivity index (χ1n) is 6.71. The molecular formula is C15H15BrN2O2S. The minimum Gasteiger partial charge on any atom is -0.266 e. The number of anilines is 1. The molecule has 0 bridgehead atoms. The third-order valence-corrected chi connectivity index (χ3v) is 5.79. The van der Waals surface area contributed by atoms with Gasteiger partial charge in [0.2, 0.25) is 0 Å². The molecule has 6 heteroatoms. The topological polar surface area (TPSA) is 50.3 Å². The van der Waals surface area contributed by atoms with E-state index in [9.17, 15) is 8.42 Å². The quantitative estimate of drug-likeness (QED) is 0.819. The Labute approximate surface area is 133 Å². The van der Waals surface area contributed by atoms with Crippen molar-refractivity contribution in [3.8, 4) is 0 Å². The molecule has 0 aliphatic carbocycles. The van der Waals surface area contributed by atoms with Crippen LogP contribution >= 0.6 is 15.9 Å². The SMILES string of the molecule is Cc1ccc2c(c1)CCCN2S(=O)(=O)c1cncc(Br)c1. The minimum atomic E-state index is -3.57. The molecule has 0 atom stereocenters. The Morgan fingerprint density at radius 3 is 2.81 bits per heavy atom. The van der Waals surface area contributed by atoms with E-state index in [1.165, 1.54) is 10.5 Å². The second-order valence-corrected chi connectivity index (χ2v) is 7.93. The summed E-state index contributed by atoms with van der Waals surface area (Å²) in [5.74, 6) is 0. The van der Waals surface area contributed by atoms with E-state index in [1.54, 1.807) is 12.3 Å². The van der Waals surface area contributed by atoms with Crippen molar-refractivity contribution < 1.29 is 8.42 Å². The molecule has 1 aliphatic heterocycles. The Morgan fingerprint density at radius 1 is 1.24 bits per heavy atom. The fourth-order valence-corrected chi connectivity index (χ4v) is 4.65. The Morgan fingerprint density at radius 2 is 2.05 bits per heavy atom. The smallest absolute Gasteiger partial charge is 0.265 e. The van der Waals surface area contributed by atoms with Crippen LogP contribution in [-0.4, -0.2) is 19.9 Å². The van der Waals surface area contributed by atoms with Crippen molar-refractivity contribution in [2.45, 2.75) is 24.7 Å². The van der Waals surface area contributed by atoms with Gasteiger partial charge < -0.3 is 0 Å². The molecule has 4 nitrogen and oxygen atoms in total. The second-order valence-electron chi connectivity index (χ2n) is 5.15. The van der Waals surface area contributed by atoms with Crippen LogP contribution in [0.4, 0.5) is 5.69 Å². The molecule has 1 aromatic carbocycles. The Kier molecular flexibility index (Phi) is 3.75. The molecule has 0 N–H and O–H groups in total. The number of pyridine rings is 1. The van der Waals surface area contributed by atoms with E-state index in [2.05, 4.69) is 27.0 Å². The average molecular weight is 367 g/mol. The summed E-state index contributed by atoms with van der Waals surface area (Å²) < 4.78 is 27.9. The molecule has 0 spiro atoms. The summed E-state index contributed by atoms with van der Waals surface area (Å²) in [6.45, 7) is 2.52. The largest absolute Gasteiger partial charge is 0.266 e. The number of sulfonamides is 1. The van der Waals surface area contributed by atoms with Crippen molar-refractivity contribution in [1.29, 1.82) is 0 Å². The lowest BCUT2D eigenvalue weighted by molar-refractivity contribution is 0.586. The van der Waals surface area contributed by atoms with Crippen LogP contribution in [0.1, 0.15) is 17.5 Å². The maximum atomic E-state index is 12.9. The molecule has 2 aromatic rings. The van der Waals surface area contributed by atoms with Crippen molar-refractivity contribution in [1.82, 2.24) is 4.98 Å². The van der Waals surface area contributed by atoms with Gasteiger partial charge in [0.25, 0.3) is 10.0 Å². The van der Waals surface area contributed by atoms with Crippen LogP contribution in [0.2, 0.25) is 0 Å². The first kappa shape index (κ1) is 14.5. The number of aromatic nitrogens is 1. The lowest BCUT2D eigenvalue weighted by Gasteiger charge is -2.30. The molecule has 0 amide bonds. The maximum Gasteiger partial charge on any atom is 0.265 e. The number of nitrogens with zero attached hydrogens (tertiary/aromatic N) is 2. The van der Waals surface area contributed by atoms with Crippen LogP contribution in [0.25, 0.3) is 0 Å². The molecule has 110 valence electrons. The summed E-state index contributed by atoms with van der Waals surface area (Å²) >= 11 is 3.27. The third-order valence-electron chi connectivity index (χ3n) is 3.58. The highest BCUT2D eigenvalue weighted by atomic mass is 79.9. The average Bonchev–Trinajstić information content (AvgIpc) is 2.46. The van der Waals surface area contributed by atoms with E-state index in [1.807, 2.05) is 19.1 Å². The third kappa shape index (κ3) is 2.70. The molecule has 0 saturated heterocycles. The van der Waals surface area contributed by atoms with Crippen LogP contribution in [0.5, 0.6) is 0 Å². The molecule has 0 unspecified atom stereocenters. The van der Waals surface area contributed by atoms with Crippen molar-refractivity contribution in [2.75, 3.05) is 10.8 Å². The lowest BCUT2D eigenvalue weighted by Crippen LogP contribution is -2.35. The number of rotatable bonds is 2. The predicted molar refractivity (Wildman–Crippen MR) is 86.0 cm³/mol. The molecular weight excluding hydrogens is 352 g/mol. The van der Waals surface area contributed by atoms with E-state index in [-0.39, 0.29) is 4.90 Å². The van der Waals surface area contributed by atoms with Gasteiger partial charge in [0, 0.05) is 23.4 Å². The molecule has 2 heterocycles. The fraction of sp³-hybridized carbons (Fsp3) is 0.267. The number of aryl methyl sites for hydroxylation is 2. The van der Waals surface area contributed by atoms with Gasteiger partial charge in [-0.2, -0.15) is 0 Å². The molecule has 1 aromatic heterocycles. The zero-order valence-electron chi connectivity index (χ0n) is 11.6. The normalized spacial score (nSPS) is 14.9. The van der Waals surface area contributed by atoms with Gasteiger partial charge >= 0.3 is 0 Å². The molecule has 1 aliphatic rings. The summed E-state index contributed by atoms with van der Waals surface area (Å²) in [5, 5.41) is 0. The molecule has 21 heavy (non-hydrogen) atoms. The van der Waals surface area contributed by atoms with Gasteiger partial charge in [-0.25, -0.2) is 8.42 Å². The highest BCUT2D eigenvalue weighted by Gasteiger charge is 2.29. The van der Waals surface area contributed by atoms with Gasteiger partial charge in [-0.3, -0.25) is 9.29 Å². The lowest BCUT2D eigenvalue weighted by atomic mass is 10.0. The van der Waals surface area contributed by atoms with Crippen LogP contribution in [0.15, 0.2) is 46.0 Å². The number of hydrogen-bond acceptors (Lipinski definition) is 3. The van der Waals surface area contributed by atoms with E-state index in [4.69, 9.17) is 0 Å². The highest BCUT2D eigenvalue weighted by molar-refractivity contribution is 9.10. The fourth-order valence-electron chi connectivity index (χ4n) is 2.60. The van der Waals surface area contributed by atoms with E-state index >= 15 is 0 Å². The number of hydrogen-bond donors (Lipinski definition) is 0. The molecule has 0 fully saturated rings. The van der Waals surface area contributed by atoms with E-state index in [0.29, 0.717) is 11.0 Å². The maximum absolute atomic E-state index is 12.9. The Hall–Kier alpha value is -1.40. The van der Waals surface area contributed by atoms with Gasteiger partial charge in [-0.1, -0.05) is 17.7 Å². The standard InChI is InChI=1S/C15H15BrN2O2S/c1-11-4-5-15-12(7-11)3-2-6-18(15)21(19,20)14-8-13(16)9-17-10-14/h4-5,7-10H,2-3,6H2,1H3. The first-order chi connectivity index (χ1) is 9.98. The summed E-state index contributed by atoms with van der Waals surface area (Å²) in [6.07, 6.45) is 4.71. The van der Waals surface area contributed by atoms with Gasteiger partial charge in [0.15, 0.2) is 0 Å². The van der Waals surface area contributed by atoms with Gasteiger partial charge in [-0.05, 0) is 53.4 Å². The Balaban J connectivity index is 2.09. The number of halogens is 1. The summed E-state index contributed by atoms with van der Waals surface area (Å²) in [6, 6.07) is 7.50. The second kappa shape index (κ2) is 5.42. The van der Waals surface area contributed by atoms with Crippen LogP contribution in [0.3, 0.4) is 0 Å². The van der Waals surface area contributed by atoms with Crippen LogP contribution in [-0.2, 0) is 16.4 Å². The van der Waals surface area contributed by atoms with Gasteiger partial charge in [0.1, 0.15) is 4.90 Å². The van der Waals surface area contributed by atoms with E-state index in [0.717, 1.165) is 29.7 Å². The van der Waals surface area contributed by atoms with Crippen molar-refractivity contribution in [2.24, 2.45) is 0 Å². The van der Waals surface area contributed by atoms with E-state index < -0.39 is 10.0 Å². The van der Waals surface area contributed by atoms with Gasteiger partial charge in [0.05, 0.1) is 5.69 Å². The van der Waals surface area contributed by atoms with Crippen molar-refractivity contribution >= 4 is 31.6 Å². The number of benzene rings is 1. The summed E-state index contributed by atoms with van der Waals surface area (Å²) in [5.41, 5.74) is 3.02. The molecule has 0 radical (unpaired) electrons.